The first kappa shape index (κ1) is 7.54. The average Bonchev–Trinajstić information content (AvgIpc) is 2.12. The number of hydrogen-bond acceptors (Lipinski definition) is 2. The minimum absolute atomic E-state index is 0.559. The number of thiol groups is 1. The van der Waals surface area contributed by atoms with Gasteiger partial charge in [-0.05, 0) is 25.3 Å². The van der Waals surface area contributed by atoms with Crippen LogP contribution in [0.4, 0.5) is 0 Å². The molecule has 0 aromatic rings. The molecule has 0 saturated carbocycles. The van der Waals surface area contributed by atoms with Crippen molar-refractivity contribution < 1.29 is 8.42 Å². The number of allylic oxidation sites excluding steroid dienone is 4. The molecule has 0 heterocycles. The lowest BCUT2D eigenvalue weighted by atomic mass is 10.2. The van der Waals surface area contributed by atoms with Gasteiger partial charge in [-0.1, -0.05) is 12.2 Å². The standard InChI is InChI=1S/C7H10O2S/c8-10(9)7-5-3-1-2-4-6-7/h1,3,5,10H,2,4,6H2. The van der Waals surface area contributed by atoms with Crippen LogP contribution in [0.25, 0.3) is 0 Å². The summed E-state index contributed by atoms with van der Waals surface area (Å²) < 4.78 is 20.9. The van der Waals surface area contributed by atoms with E-state index in [1.807, 2.05) is 12.2 Å². The lowest BCUT2D eigenvalue weighted by Gasteiger charge is -1.91. The molecule has 56 valence electrons. The van der Waals surface area contributed by atoms with Crippen molar-refractivity contribution >= 4 is 10.7 Å². The second-order valence-corrected chi connectivity index (χ2v) is 3.32. The van der Waals surface area contributed by atoms with Gasteiger partial charge >= 0.3 is 0 Å². The molecule has 2 nitrogen and oxygen atoms in total. The Hall–Kier alpha value is -0.570. The topological polar surface area (TPSA) is 34.1 Å². The molecule has 0 atom stereocenters. The molecule has 0 aromatic heterocycles. The van der Waals surface area contributed by atoms with Gasteiger partial charge < -0.3 is 0 Å². The molecule has 0 aromatic carbocycles. The summed E-state index contributed by atoms with van der Waals surface area (Å²) >= 11 is 0. The van der Waals surface area contributed by atoms with E-state index in [9.17, 15) is 8.42 Å². The first-order chi connectivity index (χ1) is 4.80. The third-order valence-corrected chi connectivity index (χ3v) is 2.30. The summed E-state index contributed by atoms with van der Waals surface area (Å²) in [7, 11) is -2.33. The van der Waals surface area contributed by atoms with Crippen LogP contribution in [0.3, 0.4) is 0 Å². The second-order valence-electron chi connectivity index (χ2n) is 2.24. The van der Waals surface area contributed by atoms with E-state index in [1.165, 1.54) is 0 Å². The second kappa shape index (κ2) is 3.56. The quantitative estimate of drug-likeness (QED) is 0.582. The molecule has 10 heavy (non-hydrogen) atoms. The zero-order valence-electron chi connectivity index (χ0n) is 5.62. The fourth-order valence-corrected chi connectivity index (χ4v) is 1.46. The van der Waals surface area contributed by atoms with Gasteiger partial charge in [0.15, 0.2) is 10.7 Å². The van der Waals surface area contributed by atoms with E-state index in [-0.39, 0.29) is 0 Å². The molecule has 0 fully saturated rings. The zero-order chi connectivity index (χ0) is 7.40. The smallest absolute Gasteiger partial charge is 0.164 e. The molecule has 0 spiro atoms. The molecule has 0 bridgehead atoms. The van der Waals surface area contributed by atoms with Gasteiger partial charge in [0, 0.05) is 4.91 Å². The number of rotatable bonds is 1. The summed E-state index contributed by atoms with van der Waals surface area (Å²) in [6, 6.07) is 0. The molecule has 0 unspecified atom stereocenters. The van der Waals surface area contributed by atoms with Gasteiger partial charge in [0.05, 0.1) is 0 Å². The van der Waals surface area contributed by atoms with Gasteiger partial charge in [0.1, 0.15) is 0 Å². The summed E-state index contributed by atoms with van der Waals surface area (Å²) in [5.74, 6) is 0. The van der Waals surface area contributed by atoms with Gasteiger partial charge in [-0.15, -0.1) is 0 Å². The van der Waals surface area contributed by atoms with E-state index in [2.05, 4.69) is 0 Å². The Bertz CT molecular complexity index is 228. The van der Waals surface area contributed by atoms with Crippen LogP contribution >= 0.6 is 0 Å². The van der Waals surface area contributed by atoms with Crippen molar-refractivity contribution in [2.75, 3.05) is 0 Å². The van der Waals surface area contributed by atoms with Crippen LogP contribution in [0.15, 0.2) is 23.1 Å². The Morgan fingerprint density at radius 2 is 2.20 bits per heavy atom. The maximum Gasteiger partial charge on any atom is 0.164 e. The van der Waals surface area contributed by atoms with E-state index in [4.69, 9.17) is 0 Å². The van der Waals surface area contributed by atoms with E-state index < -0.39 is 10.7 Å². The molecule has 0 radical (unpaired) electrons. The van der Waals surface area contributed by atoms with Crippen LogP contribution in [0.5, 0.6) is 0 Å². The fourth-order valence-electron chi connectivity index (χ4n) is 0.912. The predicted octanol–water partition coefficient (Wildman–Crippen LogP) is 1.22. The van der Waals surface area contributed by atoms with Gasteiger partial charge in [-0.3, -0.25) is 0 Å². The number of hydrogen-bond donors (Lipinski definition) is 1. The minimum Gasteiger partial charge on any atom is -0.227 e. The van der Waals surface area contributed by atoms with Crippen molar-refractivity contribution in [1.29, 1.82) is 0 Å². The van der Waals surface area contributed by atoms with Crippen molar-refractivity contribution in [2.24, 2.45) is 0 Å². The highest BCUT2D eigenvalue weighted by Gasteiger charge is 1.99. The Morgan fingerprint density at radius 3 is 2.90 bits per heavy atom. The van der Waals surface area contributed by atoms with Gasteiger partial charge in [0.2, 0.25) is 0 Å². The van der Waals surface area contributed by atoms with Crippen LogP contribution in [-0.4, -0.2) is 8.42 Å². The maximum absolute atomic E-state index is 10.4. The highest BCUT2D eigenvalue weighted by Crippen LogP contribution is 2.12. The van der Waals surface area contributed by atoms with Crippen LogP contribution in [-0.2, 0) is 10.7 Å². The van der Waals surface area contributed by atoms with Crippen molar-refractivity contribution in [3.8, 4) is 0 Å². The first-order valence-corrected chi connectivity index (χ1v) is 4.48. The van der Waals surface area contributed by atoms with E-state index in [0.29, 0.717) is 11.3 Å². The molecular weight excluding hydrogens is 148 g/mol. The highest BCUT2D eigenvalue weighted by atomic mass is 32.2. The summed E-state index contributed by atoms with van der Waals surface area (Å²) in [6.45, 7) is 0. The van der Waals surface area contributed by atoms with E-state index in [1.54, 1.807) is 6.08 Å². The van der Waals surface area contributed by atoms with Crippen LogP contribution in [0.1, 0.15) is 19.3 Å². The van der Waals surface area contributed by atoms with Gasteiger partial charge in [0.25, 0.3) is 0 Å². The molecule has 0 amide bonds. The van der Waals surface area contributed by atoms with Crippen molar-refractivity contribution in [3.05, 3.63) is 23.1 Å². The van der Waals surface area contributed by atoms with Crippen molar-refractivity contribution in [2.45, 2.75) is 19.3 Å². The van der Waals surface area contributed by atoms with Gasteiger partial charge in [-0.2, -0.15) is 0 Å². The average molecular weight is 158 g/mol. The lowest BCUT2D eigenvalue weighted by molar-refractivity contribution is 0.617. The van der Waals surface area contributed by atoms with Crippen LogP contribution in [0, 0.1) is 0 Å². The van der Waals surface area contributed by atoms with E-state index >= 15 is 0 Å². The summed E-state index contributed by atoms with van der Waals surface area (Å²) in [5.41, 5.74) is 0. The molecule has 0 N–H and O–H groups in total. The molecule has 0 aliphatic heterocycles. The SMILES string of the molecule is O=[SH](=O)C1=CC=CCCC1. The summed E-state index contributed by atoms with van der Waals surface area (Å²) in [6.07, 6.45) is 8.12. The summed E-state index contributed by atoms with van der Waals surface area (Å²) in [4.78, 5) is 0.559. The Balaban J connectivity index is 2.75. The third-order valence-electron chi connectivity index (χ3n) is 1.46. The van der Waals surface area contributed by atoms with Crippen LogP contribution in [0.2, 0.25) is 0 Å². The minimum atomic E-state index is -2.33. The third kappa shape index (κ3) is 1.99. The van der Waals surface area contributed by atoms with E-state index in [0.717, 1.165) is 12.8 Å². The molecule has 1 rings (SSSR count). The van der Waals surface area contributed by atoms with Crippen molar-refractivity contribution in [1.82, 2.24) is 0 Å². The summed E-state index contributed by atoms with van der Waals surface area (Å²) in [5, 5.41) is 0. The normalized spacial score (nSPS) is 18.7. The van der Waals surface area contributed by atoms with Gasteiger partial charge in [-0.25, -0.2) is 8.42 Å². The molecule has 1 aliphatic carbocycles. The monoisotopic (exact) mass is 158 g/mol. The Kier molecular flexibility index (Phi) is 2.68. The van der Waals surface area contributed by atoms with Crippen LogP contribution < -0.4 is 0 Å². The molecular formula is C7H10O2S. The Labute approximate surface area is 62.2 Å². The first-order valence-electron chi connectivity index (χ1n) is 3.31. The fraction of sp³-hybridized carbons (Fsp3) is 0.429. The largest absolute Gasteiger partial charge is 0.227 e. The molecule has 3 heteroatoms. The molecule has 0 saturated heterocycles. The lowest BCUT2D eigenvalue weighted by Crippen LogP contribution is -1.83. The highest BCUT2D eigenvalue weighted by molar-refractivity contribution is 7.76. The maximum atomic E-state index is 10.4. The Morgan fingerprint density at radius 1 is 1.40 bits per heavy atom. The predicted molar refractivity (Wildman–Crippen MR) is 41.4 cm³/mol. The molecule has 1 aliphatic rings. The van der Waals surface area contributed by atoms with Crippen molar-refractivity contribution in [3.63, 3.8) is 0 Å². The zero-order valence-corrected chi connectivity index (χ0v) is 6.51.